The fourth-order valence-electron chi connectivity index (χ4n) is 11.4. The lowest BCUT2D eigenvalue weighted by Gasteiger charge is -2.46. The number of methoxy groups -OCH3 is 1. The van der Waals surface area contributed by atoms with Crippen molar-refractivity contribution in [1.29, 1.82) is 0 Å². The maximum absolute atomic E-state index is 15.2. The highest BCUT2D eigenvalue weighted by Crippen LogP contribution is 2.38. The van der Waals surface area contributed by atoms with Gasteiger partial charge in [0.25, 0.3) is 0 Å². The Bertz CT molecular complexity index is 2020. The van der Waals surface area contributed by atoms with Gasteiger partial charge in [0, 0.05) is 71.1 Å². The molecule has 2 amide bonds. The van der Waals surface area contributed by atoms with Gasteiger partial charge in [-0.25, -0.2) is 9.18 Å². The predicted octanol–water partition coefficient (Wildman–Crippen LogP) is 3.56. The normalized spacial score (nSPS) is 39.5. The number of hydrogen-bond donors (Lipinski definition) is 5. The van der Waals surface area contributed by atoms with Gasteiger partial charge in [-0.2, -0.15) is 0 Å². The summed E-state index contributed by atoms with van der Waals surface area (Å²) < 4.78 is 64.2. The minimum Gasteiger partial charge on any atom is -0.459 e. The first kappa shape index (κ1) is 59.9. The summed E-state index contributed by atoms with van der Waals surface area (Å²) in [6, 6.07) is 4.01. The van der Waals surface area contributed by atoms with Crippen LogP contribution in [0.2, 0.25) is 0 Å². The van der Waals surface area contributed by atoms with E-state index in [1.807, 2.05) is 37.7 Å². The first-order valence-corrected chi connectivity index (χ1v) is 26.7. The van der Waals surface area contributed by atoms with E-state index in [1.54, 1.807) is 53.7 Å². The molecule has 17 atom stereocenters. The van der Waals surface area contributed by atoms with Crippen molar-refractivity contribution in [3.05, 3.63) is 24.0 Å². The quantitative estimate of drug-likeness (QED) is 0.168. The summed E-state index contributed by atoms with van der Waals surface area (Å²) in [5.74, 6) is -2.55. The third kappa shape index (κ3) is 14.6. The molecule has 21 heteroatoms. The maximum Gasteiger partial charge on any atom is 0.414 e. The number of esters is 1. The number of rotatable bonds is 14. The van der Waals surface area contributed by atoms with Crippen molar-refractivity contribution in [1.82, 2.24) is 15.1 Å². The number of morpholine rings is 1. The molecule has 0 aromatic heterocycles. The Kier molecular flexibility index (Phi) is 20.6. The third-order valence-corrected chi connectivity index (χ3v) is 16.3. The summed E-state index contributed by atoms with van der Waals surface area (Å²) in [5.41, 5.74) is -3.60. The highest BCUT2D eigenvalue weighted by molar-refractivity contribution is 5.90. The highest BCUT2D eigenvalue weighted by Gasteiger charge is 2.50. The number of aliphatic hydroxyl groups excluding tert-OH is 2. The third-order valence-electron chi connectivity index (χ3n) is 16.3. The number of amides is 2. The number of benzene rings is 1. The number of nitrogens with one attached hydrogen (secondary N) is 1. The minimum atomic E-state index is -1.83. The number of likely N-dealkylation sites (N-methyl/N-ethyl adjacent to an activating group) is 1. The van der Waals surface area contributed by atoms with E-state index in [4.69, 9.17) is 37.9 Å². The molecule has 5 fully saturated rings. The average Bonchev–Trinajstić information content (AvgIpc) is 3.73. The molecule has 0 radical (unpaired) electrons. The molecule has 0 aliphatic carbocycles. The summed E-state index contributed by atoms with van der Waals surface area (Å²) in [5, 5.41) is 50.0. The van der Waals surface area contributed by atoms with Crippen molar-refractivity contribution in [2.24, 2.45) is 11.8 Å². The molecule has 5 heterocycles. The zero-order valence-corrected chi connectivity index (χ0v) is 45.9. The predicted molar refractivity (Wildman–Crippen MR) is 272 cm³/mol. The number of halogens is 1. The van der Waals surface area contributed by atoms with Crippen LogP contribution >= 0.6 is 0 Å². The van der Waals surface area contributed by atoms with Crippen LogP contribution in [0.25, 0.3) is 0 Å². The van der Waals surface area contributed by atoms with E-state index in [0.29, 0.717) is 63.6 Å². The van der Waals surface area contributed by atoms with Crippen molar-refractivity contribution >= 4 is 29.3 Å². The molecule has 6 rings (SSSR count). The van der Waals surface area contributed by atoms with E-state index in [0.717, 1.165) is 0 Å². The number of anilines is 2. The molecule has 5 aliphatic heterocycles. The summed E-state index contributed by atoms with van der Waals surface area (Å²) in [4.78, 5) is 47.7. The molecular formula is C53H88FN5O15. The molecule has 0 bridgehead atoms. The Labute approximate surface area is 437 Å². The topological polar surface area (TPSA) is 231 Å². The molecule has 5 aliphatic rings. The van der Waals surface area contributed by atoms with Gasteiger partial charge in [-0.1, -0.05) is 13.8 Å². The van der Waals surface area contributed by atoms with Crippen LogP contribution in [0, 0.1) is 17.7 Å². The van der Waals surface area contributed by atoms with E-state index in [1.165, 1.54) is 25.0 Å². The van der Waals surface area contributed by atoms with Crippen LogP contribution in [0.3, 0.4) is 0 Å². The van der Waals surface area contributed by atoms with Crippen molar-refractivity contribution in [3.8, 4) is 0 Å². The summed E-state index contributed by atoms with van der Waals surface area (Å²) >= 11 is 0. The Hall–Kier alpha value is -3.32. The van der Waals surface area contributed by atoms with Crippen molar-refractivity contribution in [3.63, 3.8) is 0 Å². The summed E-state index contributed by atoms with van der Waals surface area (Å²) in [6.07, 6.45) is -7.67. The lowest BCUT2D eigenvalue weighted by atomic mass is 9.83. The number of carbonyl (C=O) groups excluding carboxylic acids is 3. The van der Waals surface area contributed by atoms with Gasteiger partial charge in [-0.15, -0.1) is 0 Å². The van der Waals surface area contributed by atoms with Gasteiger partial charge in [0.2, 0.25) is 5.91 Å². The molecule has 20 nitrogen and oxygen atoms in total. The van der Waals surface area contributed by atoms with Gasteiger partial charge >= 0.3 is 12.1 Å². The molecule has 5 saturated heterocycles. The van der Waals surface area contributed by atoms with Crippen molar-refractivity contribution < 1.29 is 77.1 Å². The van der Waals surface area contributed by atoms with Gasteiger partial charge in [0.1, 0.15) is 35.8 Å². The van der Waals surface area contributed by atoms with E-state index in [2.05, 4.69) is 10.2 Å². The first-order chi connectivity index (χ1) is 34.8. The first-order valence-electron chi connectivity index (χ1n) is 26.7. The number of ether oxygens (including phenoxy) is 8. The van der Waals surface area contributed by atoms with Crippen molar-refractivity contribution in [2.75, 3.05) is 83.5 Å². The van der Waals surface area contributed by atoms with Crippen LogP contribution in [0.4, 0.5) is 20.6 Å². The molecule has 0 unspecified atom stereocenters. The molecule has 0 spiro atoms. The standard InChI is InChI=1S/C53H88FN5O15/c1-13-42-53(9,66)47(61)34(5)57(11)29-31(2)26-51(7,65)43(25-41(33(4)49(63)74-42)72-46-27-52(8,67-12)48(62)35(6)70-46)73-45-24-37(22-32(3)69-45)56(10)17-16-44(60)55-28-38-30-59(50(64)71-38)36-14-15-40(39(54)23-36)58-18-20-68-21-19-58/h14-15,23,31-35,37-38,41-43,45-48,61-62,65-66H,13,16-22,24-30H2,1-12H3,(H,55,60)/t31-,32-,33-,34-,35+,37+,38+,41+,42-,43-,45+,46+,47-,48+,51-,52-,53-/m1/s1. The van der Waals surface area contributed by atoms with Gasteiger partial charge in [0.05, 0.1) is 79.2 Å². The molecule has 422 valence electrons. The maximum atomic E-state index is 15.2. The molecule has 0 saturated carbocycles. The fourth-order valence-corrected chi connectivity index (χ4v) is 11.4. The monoisotopic (exact) mass is 1050 g/mol. The summed E-state index contributed by atoms with van der Waals surface area (Å²) in [7, 11) is 5.27. The number of aliphatic hydroxyl groups is 4. The number of hydrogen-bond acceptors (Lipinski definition) is 18. The highest BCUT2D eigenvalue weighted by atomic mass is 19.1. The largest absolute Gasteiger partial charge is 0.459 e. The Morgan fingerprint density at radius 2 is 1.64 bits per heavy atom. The number of carbonyl (C=O) groups is 3. The van der Waals surface area contributed by atoms with E-state index in [9.17, 15) is 34.8 Å². The van der Waals surface area contributed by atoms with Gasteiger partial charge in [-0.05, 0) is 106 Å². The minimum absolute atomic E-state index is 0.0282. The van der Waals surface area contributed by atoms with Gasteiger partial charge in [0.15, 0.2) is 12.6 Å². The Morgan fingerprint density at radius 3 is 2.30 bits per heavy atom. The molecule has 1 aromatic carbocycles. The number of nitrogens with zero attached hydrogens (tertiary/aromatic N) is 4. The van der Waals surface area contributed by atoms with E-state index >= 15 is 4.39 Å². The van der Waals surface area contributed by atoms with Crippen LogP contribution in [0.15, 0.2) is 18.2 Å². The van der Waals surface area contributed by atoms with E-state index < -0.39 is 102 Å². The lowest BCUT2D eigenvalue weighted by molar-refractivity contribution is -0.299. The van der Waals surface area contributed by atoms with Crippen LogP contribution in [0.1, 0.15) is 107 Å². The molecular weight excluding hydrogens is 966 g/mol. The second kappa shape index (κ2) is 25.4. The van der Waals surface area contributed by atoms with Gasteiger partial charge in [-0.3, -0.25) is 14.5 Å². The van der Waals surface area contributed by atoms with Crippen LogP contribution in [-0.4, -0.2) is 212 Å². The lowest BCUT2D eigenvalue weighted by Crippen LogP contribution is -2.59. The van der Waals surface area contributed by atoms with Crippen molar-refractivity contribution in [2.45, 2.75) is 198 Å². The zero-order chi connectivity index (χ0) is 54.4. The second-order valence-electron chi connectivity index (χ2n) is 22.5. The molecule has 1 aromatic rings. The molecule has 74 heavy (non-hydrogen) atoms. The van der Waals surface area contributed by atoms with Crippen LogP contribution in [0.5, 0.6) is 0 Å². The SMILES string of the molecule is CC[C@H]1OC(=O)[C@H](C)[C@@H](O[C@H]2C[C@@](C)(OC)[C@@H](O)[C@H](C)O2)C[C@@H](O[C@H]2C[C@@H](N(C)CCC(=O)NC[C@H]3CN(c4ccc(N5CCOCC5)c(F)c4)C(=O)O3)C[C@@H](C)O2)[C@](C)(O)C[C@@H](C)CN(C)[C@H](C)[C@@H](O)[C@]1(C)O. The average molecular weight is 1050 g/mol. The fraction of sp³-hybridized carbons (Fsp3) is 0.830. The zero-order valence-electron chi connectivity index (χ0n) is 45.9. The van der Waals surface area contributed by atoms with Crippen LogP contribution in [-0.2, 0) is 47.5 Å². The second-order valence-corrected chi connectivity index (χ2v) is 22.5. The Balaban J connectivity index is 1.14. The van der Waals surface area contributed by atoms with Crippen LogP contribution < -0.4 is 15.1 Å². The van der Waals surface area contributed by atoms with Gasteiger partial charge < -0.3 is 78.3 Å². The van der Waals surface area contributed by atoms with E-state index in [-0.39, 0.29) is 69.2 Å². The summed E-state index contributed by atoms with van der Waals surface area (Å²) in [6.45, 7) is 19.0. The Morgan fingerprint density at radius 1 is 0.932 bits per heavy atom. The molecule has 5 N–H and O–H groups in total. The number of cyclic esters (lactones) is 2. The smallest absolute Gasteiger partial charge is 0.414 e.